The lowest BCUT2D eigenvalue weighted by Crippen LogP contribution is -2.36. The van der Waals surface area contributed by atoms with Gasteiger partial charge in [0.05, 0.1) is 5.75 Å². The van der Waals surface area contributed by atoms with Gasteiger partial charge >= 0.3 is 5.69 Å². The van der Waals surface area contributed by atoms with E-state index in [0.717, 1.165) is 43.5 Å². The second-order valence-electron chi connectivity index (χ2n) is 6.76. The van der Waals surface area contributed by atoms with Crippen molar-refractivity contribution in [3.05, 3.63) is 44.4 Å². The lowest BCUT2D eigenvalue weighted by molar-refractivity contribution is -0.113. The predicted octanol–water partition coefficient (Wildman–Crippen LogP) is 2.18. The summed E-state index contributed by atoms with van der Waals surface area (Å²) in [6, 6.07) is 3.13. The SMILES string of the molecule is Cc1cc(C)nc(SCC(=O)Nc2cc(=O)[nH]c(=O)n2C2CCCCC2)n1. The number of aromatic nitrogens is 4. The molecule has 1 fully saturated rings. The summed E-state index contributed by atoms with van der Waals surface area (Å²) >= 11 is 1.22. The van der Waals surface area contributed by atoms with E-state index in [4.69, 9.17) is 0 Å². The molecule has 1 saturated carbocycles. The number of aromatic amines is 1. The van der Waals surface area contributed by atoms with Crippen LogP contribution in [0, 0.1) is 13.8 Å². The van der Waals surface area contributed by atoms with Gasteiger partial charge in [-0.3, -0.25) is 19.1 Å². The fourth-order valence-electron chi connectivity index (χ4n) is 3.37. The summed E-state index contributed by atoms with van der Waals surface area (Å²) in [7, 11) is 0. The van der Waals surface area contributed by atoms with E-state index in [9.17, 15) is 14.4 Å². The first kappa shape index (κ1) is 19.3. The van der Waals surface area contributed by atoms with E-state index >= 15 is 0 Å². The Labute approximate surface area is 160 Å². The summed E-state index contributed by atoms with van der Waals surface area (Å²) in [6.07, 6.45) is 4.93. The van der Waals surface area contributed by atoms with Gasteiger partial charge in [0.1, 0.15) is 5.82 Å². The molecular weight excluding hydrogens is 366 g/mol. The van der Waals surface area contributed by atoms with Gasteiger partial charge in [0.25, 0.3) is 5.56 Å². The first-order valence-electron chi connectivity index (χ1n) is 9.03. The van der Waals surface area contributed by atoms with Crippen molar-refractivity contribution < 1.29 is 4.79 Å². The quantitative estimate of drug-likeness (QED) is 0.599. The molecule has 1 amide bonds. The number of carbonyl (C=O) groups excluding carboxylic acids is 1. The Bertz CT molecular complexity index is 926. The Morgan fingerprint density at radius 2 is 1.85 bits per heavy atom. The van der Waals surface area contributed by atoms with Crippen molar-refractivity contribution in [2.75, 3.05) is 11.1 Å². The van der Waals surface area contributed by atoms with Crippen molar-refractivity contribution in [3.63, 3.8) is 0 Å². The first-order valence-corrected chi connectivity index (χ1v) is 10.0. The normalized spacial score (nSPS) is 14.9. The van der Waals surface area contributed by atoms with Gasteiger partial charge in [-0.15, -0.1) is 0 Å². The number of nitrogens with one attached hydrogen (secondary N) is 2. The van der Waals surface area contributed by atoms with Crippen LogP contribution in [-0.4, -0.2) is 31.2 Å². The summed E-state index contributed by atoms with van der Waals surface area (Å²) < 4.78 is 1.51. The van der Waals surface area contributed by atoms with Crippen LogP contribution in [0.5, 0.6) is 0 Å². The van der Waals surface area contributed by atoms with Crippen LogP contribution >= 0.6 is 11.8 Å². The molecule has 0 aliphatic heterocycles. The number of anilines is 1. The van der Waals surface area contributed by atoms with Crippen molar-refractivity contribution in [3.8, 4) is 0 Å². The Hall–Kier alpha value is -2.42. The number of hydrogen-bond acceptors (Lipinski definition) is 6. The fraction of sp³-hybridized carbons (Fsp3) is 0.500. The highest BCUT2D eigenvalue weighted by Crippen LogP contribution is 2.28. The molecular formula is C18H23N5O3S. The zero-order valence-electron chi connectivity index (χ0n) is 15.4. The van der Waals surface area contributed by atoms with Gasteiger partial charge in [0.15, 0.2) is 5.16 Å². The van der Waals surface area contributed by atoms with Crippen molar-refractivity contribution in [2.45, 2.75) is 57.1 Å². The average molecular weight is 389 g/mol. The minimum Gasteiger partial charge on any atom is -0.311 e. The van der Waals surface area contributed by atoms with E-state index in [2.05, 4.69) is 20.3 Å². The molecule has 0 saturated heterocycles. The largest absolute Gasteiger partial charge is 0.330 e. The highest BCUT2D eigenvalue weighted by atomic mass is 32.2. The third-order valence-electron chi connectivity index (χ3n) is 4.48. The van der Waals surface area contributed by atoms with Crippen LogP contribution in [0.3, 0.4) is 0 Å². The number of aryl methyl sites for hydroxylation is 2. The number of nitrogens with zero attached hydrogens (tertiary/aromatic N) is 3. The summed E-state index contributed by atoms with van der Waals surface area (Å²) in [5, 5.41) is 3.24. The Kier molecular flexibility index (Phi) is 6.10. The van der Waals surface area contributed by atoms with Crippen LogP contribution < -0.4 is 16.6 Å². The van der Waals surface area contributed by atoms with Crippen molar-refractivity contribution in [1.82, 2.24) is 19.5 Å². The topological polar surface area (TPSA) is 110 Å². The van der Waals surface area contributed by atoms with Crippen LogP contribution in [0.4, 0.5) is 5.82 Å². The highest BCUT2D eigenvalue weighted by molar-refractivity contribution is 7.99. The molecule has 27 heavy (non-hydrogen) atoms. The van der Waals surface area contributed by atoms with Gasteiger partial charge in [-0.1, -0.05) is 31.0 Å². The van der Waals surface area contributed by atoms with Crippen LogP contribution in [0.15, 0.2) is 26.9 Å². The van der Waals surface area contributed by atoms with Crippen LogP contribution in [-0.2, 0) is 4.79 Å². The zero-order chi connectivity index (χ0) is 19.4. The van der Waals surface area contributed by atoms with E-state index in [0.29, 0.717) is 5.16 Å². The molecule has 1 aliphatic rings. The van der Waals surface area contributed by atoms with Gasteiger partial charge in [-0.2, -0.15) is 0 Å². The zero-order valence-corrected chi connectivity index (χ0v) is 16.3. The second kappa shape index (κ2) is 8.51. The van der Waals surface area contributed by atoms with Crippen LogP contribution in [0.25, 0.3) is 0 Å². The molecule has 0 radical (unpaired) electrons. The number of rotatable bonds is 5. The molecule has 0 atom stereocenters. The molecule has 2 aromatic heterocycles. The number of carbonyl (C=O) groups is 1. The van der Waals surface area contributed by atoms with Crippen LogP contribution in [0.1, 0.15) is 49.5 Å². The first-order chi connectivity index (χ1) is 12.9. The van der Waals surface area contributed by atoms with E-state index in [-0.39, 0.29) is 23.5 Å². The molecule has 9 heteroatoms. The summed E-state index contributed by atoms with van der Waals surface area (Å²) in [5.74, 6) is 0.0362. The molecule has 144 valence electrons. The average Bonchev–Trinajstić information content (AvgIpc) is 2.59. The Morgan fingerprint density at radius 1 is 1.19 bits per heavy atom. The third kappa shape index (κ3) is 5.06. The van der Waals surface area contributed by atoms with Gasteiger partial charge in [-0.25, -0.2) is 14.8 Å². The molecule has 8 nitrogen and oxygen atoms in total. The van der Waals surface area contributed by atoms with E-state index < -0.39 is 11.2 Å². The van der Waals surface area contributed by atoms with Crippen molar-refractivity contribution in [2.24, 2.45) is 0 Å². The van der Waals surface area contributed by atoms with Gasteiger partial charge < -0.3 is 5.32 Å². The van der Waals surface area contributed by atoms with Crippen LogP contribution in [0.2, 0.25) is 0 Å². The number of H-pyrrole nitrogens is 1. The third-order valence-corrected chi connectivity index (χ3v) is 5.33. The highest BCUT2D eigenvalue weighted by Gasteiger charge is 2.21. The summed E-state index contributed by atoms with van der Waals surface area (Å²) in [4.78, 5) is 47.3. The van der Waals surface area contributed by atoms with Gasteiger partial charge in [0.2, 0.25) is 5.91 Å². The lowest BCUT2D eigenvalue weighted by atomic mass is 9.95. The Balaban J connectivity index is 1.75. The maximum Gasteiger partial charge on any atom is 0.330 e. The Morgan fingerprint density at radius 3 is 2.52 bits per heavy atom. The molecule has 0 spiro atoms. The number of hydrogen-bond donors (Lipinski definition) is 2. The molecule has 0 unspecified atom stereocenters. The second-order valence-corrected chi connectivity index (χ2v) is 7.70. The van der Waals surface area contributed by atoms with Gasteiger partial charge in [-0.05, 0) is 32.8 Å². The minimum absolute atomic E-state index is 0.00573. The fourth-order valence-corrected chi connectivity index (χ4v) is 4.12. The van der Waals surface area contributed by atoms with E-state index in [1.54, 1.807) is 0 Å². The maximum atomic E-state index is 12.4. The van der Waals surface area contributed by atoms with E-state index in [1.807, 2.05) is 19.9 Å². The molecule has 2 aromatic rings. The molecule has 0 bridgehead atoms. The minimum atomic E-state index is -0.521. The summed E-state index contributed by atoms with van der Waals surface area (Å²) in [5.41, 5.74) is 0.680. The molecule has 1 aliphatic carbocycles. The molecule has 3 rings (SSSR count). The monoisotopic (exact) mass is 389 g/mol. The van der Waals surface area contributed by atoms with Crippen molar-refractivity contribution in [1.29, 1.82) is 0 Å². The lowest BCUT2D eigenvalue weighted by Gasteiger charge is -2.26. The standard InChI is InChI=1S/C18H23N5O3S/c1-11-8-12(2)20-17(19-11)27-10-16(25)21-14-9-15(24)22-18(26)23(14)13-6-4-3-5-7-13/h8-9,13H,3-7,10H2,1-2H3,(H,21,25)(H,22,24,26). The molecule has 0 aromatic carbocycles. The van der Waals surface area contributed by atoms with E-state index in [1.165, 1.54) is 22.4 Å². The molecule has 2 heterocycles. The van der Waals surface area contributed by atoms with Crippen molar-refractivity contribution >= 4 is 23.5 Å². The number of amides is 1. The molecule has 2 N–H and O–H groups in total. The smallest absolute Gasteiger partial charge is 0.311 e. The predicted molar refractivity (Wildman–Crippen MR) is 104 cm³/mol. The number of thioether (sulfide) groups is 1. The summed E-state index contributed by atoms with van der Waals surface area (Å²) in [6.45, 7) is 3.75. The van der Waals surface area contributed by atoms with Gasteiger partial charge in [0, 0.05) is 23.5 Å². The maximum absolute atomic E-state index is 12.4.